The molecule has 0 amide bonds. The molecule has 2 aliphatic carbocycles. The minimum atomic E-state index is -3.52. The SMILES string of the molecule is Cc1ncc(C2(S(=O)(=O)c3ccc(Cl)cc3)CC3(CC3)C2)cn1. The molecule has 4 nitrogen and oxygen atoms in total. The number of halogens is 1. The Bertz CT molecular complexity index is 848. The van der Waals surface area contributed by atoms with Crippen molar-refractivity contribution in [1.29, 1.82) is 0 Å². The summed E-state index contributed by atoms with van der Waals surface area (Å²) in [7, 11) is -3.52. The third-order valence-electron chi connectivity index (χ3n) is 5.22. The number of rotatable bonds is 3. The molecule has 0 bridgehead atoms. The third kappa shape index (κ3) is 2.21. The molecule has 0 saturated heterocycles. The van der Waals surface area contributed by atoms with Gasteiger partial charge in [0.15, 0.2) is 9.84 Å². The number of hydrogen-bond donors (Lipinski definition) is 0. The molecule has 4 rings (SSSR count). The van der Waals surface area contributed by atoms with Crippen molar-refractivity contribution >= 4 is 21.4 Å². The van der Waals surface area contributed by atoms with Gasteiger partial charge in [-0.1, -0.05) is 11.6 Å². The lowest BCUT2D eigenvalue weighted by Crippen LogP contribution is -2.49. The fourth-order valence-electron chi connectivity index (χ4n) is 3.71. The van der Waals surface area contributed by atoms with E-state index in [0.717, 1.165) is 12.8 Å². The van der Waals surface area contributed by atoms with Crippen molar-refractivity contribution in [2.24, 2.45) is 5.41 Å². The number of nitrogens with zero attached hydrogens (tertiary/aromatic N) is 2. The van der Waals surface area contributed by atoms with Crippen LogP contribution in [0.5, 0.6) is 0 Å². The smallest absolute Gasteiger partial charge is 0.188 e. The van der Waals surface area contributed by atoms with Gasteiger partial charge in [-0.05, 0) is 62.3 Å². The molecule has 23 heavy (non-hydrogen) atoms. The van der Waals surface area contributed by atoms with Gasteiger partial charge < -0.3 is 0 Å². The Kier molecular flexibility index (Phi) is 3.13. The van der Waals surface area contributed by atoms with E-state index in [1.807, 2.05) is 0 Å². The predicted molar refractivity (Wildman–Crippen MR) is 88.0 cm³/mol. The first-order valence-corrected chi connectivity index (χ1v) is 9.53. The maximum absolute atomic E-state index is 13.3. The lowest BCUT2D eigenvalue weighted by molar-refractivity contribution is 0.192. The van der Waals surface area contributed by atoms with E-state index in [9.17, 15) is 8.42 Å². The Morgan fingerprint density at radius 3 is 2.13 bits per heavy atom. The maximum Gasteiger partial charge on any atom is 0.188 e. The third-order valence-corrected chi connectivity index (χ3v) is 7.92. The molecule has 2 aromatic rings. The summed E-state index contributed by atoms with van der Waals surface area (Å²) < 4.78 is 25.8. The number of hydrogen-bond acceptors (Lipinski definition) is 4. The molecule has 120 valence electrons. The van der Waals surface area contributed by atoms with Crippen molar-refractivity contribution < 1.29 is 8.42 Å². The van der Waals surface area contributed by atoms with Crippen molar-refractivity contribution in [3.8, 4) is 0 Å². The van der Waals surface area contributed by atoms with Gasteiger partial charge in [-0.25, -0.2) is 18.4 Å². The van der Waals surface area contributed by atoms with Crippen molar-refractivity contribution in [2.45, 2.75) is 42.2 Å². The van der Waals surface area contributed by atoms with Crippen LogP contribution in [0.1, 0.15) is 37.1 Å². The van der Waals surface area contributed by atoms with Gasteiger partial charge in [0.25, 0.3) is 0 Å². The van der Waals surface area contributed by atoms with Crippen LogP contribution < -0.4 is 0 Å². The summed E-state index contributed by atoms with van der Waals surface area (Å²) >= 11 is 5.90. The van der Waals surface area contributed by atoms with Crippen LogP contribution in [0, 0.1) is 12.3 Å². The first-order chi connectivity index (χ1) is 10.9. The number of aromatic nitrogens is 2. The van der Waals surface area contributed by atoms with Crippen LogP contribution in [0.4, 0.5) is 0 Å². The van der Waals surface area contributed by atoms with Crippen LogP contribution in [0.15, 0.2) is 41.6 Å². The summed E-state index contributed by atoms with van der Waals surface area (Å²) in [6.45, 7) is 1.80. The zero-order valence-corrected chi connectivity index (χ0v) is 14.4. The Morgan fingerprint density at radius 2 is 1.61 bits per heavy atom. The summed E-state index contributed by atoms with van der Waals surface area (Å²) in [5.41, 5.74) is 0.931. The molecular formula is C17H17ClN2O2S. The van der Waals surface area contributed by atoms with Gasteiger partial charge in [-0.15, -0.1) is 0 Å². The van der Waals surface area contributed by atoms with Gasteiger partial charge in [0.05, 0.1) is 4.90 Å². The highest BCUT2D eigenvalue weighted by Crippen LogP contribution is 2.71. The van der Waals surface area contributed by atoms with Gasteiger partial charge >= 0.3 is 0 Å². The molecule has 2 aliphatic rings. The molecule has 6 heteroatoms. The second-order valence-electron chi connectivity index (χ2n) is 6.82. The predicted octanol–water partition coefficient (Wildman–Crippen LogP) is 3.68. The van der Waals surface area contributed by atoms with Crippen molar-refractivity contribution in [3.05, 3.63) is 53.1 Å². The fourth-order valence-corrected chi connectivity index (χ4v) is 6.19. The number of aryl methyl sites for hydroxylation is 1. The van der Waals surface area contributed by atoms with Gasteiger partial charge in [0.2, 0.25) is 0 Å². The topological polar surface area (TPSA) is 59.9 Å². The quantitative estimate of drug-likeness (QED) is 0.848. The lowest BCUT2D eigenvalue weighted by Gasteiger charge is -2.47. The van der Waals surface area contributed by atoms with E-state index >= 15 is 0 Å². The van der Waals surface area contributed by atoms with E-state index in [1.54, 1.807) is 43.6 Å². The first-order valence-electron chi connectivity index (χ1n) is 7.66. The van der Waals surface area contributed by atoms with E-state index in [0.29, 0.717) is 34.1 Å². The van der Waals surface area contributed by atoms with Crippen molar-refractivity contribution in [1.82, 2.24) is 9.97 Å². The zero-order valence-electron chi connectivity index (χ0n) is 12.8. The zero-order chi connectivity index (χ0) is 16.3. The largest absolute Gasteiger partial charge is 0.241 e. The molecule has 1 aromatic carbocycles. The number of benzene rings is 1. The average molecular weight is 349 g/mol. The van der Waals surface area contributed by atoms with Crippen LogP contribution in [0.25, 0.3) is 0 Å². The molecule has 0 N–H and O–H groups in total. The lowest BCUT2D eigenvalue weighted by atomic mass is 9.68. The second-order valence-corrected chi connectivity index (χ2v) is 9.52. The highest BCUT2D eigenvalue weighted by molar-refractivity contribution is 7.92. The monoisotopic (exact) mass is 348 g/mol. The van der Waals surface area contributed by atoms with E-state index < -0.39 is 14.6 Å². The fraction of sp³-hybridized carbons (Fsp3) is 0.412. The Morgan fingerprint density at radius 1 is 1.04 bits per heavy atom. The molecule has 1 heterocycles. The standard InChI is InChI=1S/C17H17ClN2O2S/c1-12-19-8-13(9-20-12)17(10-16(11-17)6-7-16)23(21,22)15-4-2-14(18)3-5-15/h2-5,8-9H,6-7,10-11H2,1H3. The van der Waals surface area contributed by atoms with Crippen LogP contribution in [-0.4, -0.2) is 18.4 Å². The minimum Gasteiger partial charge on any atom is -0.241 e. The van der Waals surface area contributed by atoms with Gasteiger partial charge in [-0.2, -0.15) is 0 Å². The summed E-state index contributed by atoms with van der Waals surface area (Å²) in [5.74, 6) is 0.647. The Balaban J connectivity index is 1.82. The summed E-state index contributed by atoms with van der Waals surface area (Å²) in [6, 6.07) is 6.43. The van der Waals surface area contributed by atoms with E-state index in [4.69, 9.17) is 11.6 Å². The minimum absolute atomic E-state index is 0.227. The Labute approximate surface area is 140 Å². The van der Waals surface area contributed by atoms with Crippen LogP contribution >= 0.6 is 11.6 Å². The van der Waals surface area contributed by atoms with Gasteiger partial charge in [-0.3, -0.25) is 0 Å². The van der Waals surface area contributed by atoms with Crippen molar-refractivity contribution in [3.63, 3.8) is 0 Å². The molecule has 2 fully saturated rings. The van der Waals surface area contributed by atoms with Gasteiger partial charge in [0, 0.05) is 23.0 Å². The highest BCUT2D eigenvalue weighted by atomic mass is 35.5. The maximum atomic E-state index is 13.3. The van der Waals surface area contributed by atoms with Gasteiger partial charge in [0.1, 0.15) is 10.6 Å². The summed E-state index contributed by atoms with van der Waals surface area (Å²) in [5, 5.41) is 0.531. The highest BCUT2D eigenvalue weighted by Gasteiger charge is 2.67. The molecule has 0 atom stereocenters. The summed E-state index contributed by atoms with van der Waals surface area (Å²) in [6.07, 6.45) is 6.92. The molecule has 1 spiro atoms. The van der Waals surface area contributed by atoms with E-state index in [1.165, 1.54) is 0 Å². The molecule has 2 saturated carbocycles. The van der Waals surface area contributed by atoms with Crippen LogP contribution in [0.3, 0.4) is 0 Å². The number of sulfone groups is 1. The molecule has 1 aromatic heterocycles. The normalized spacial score (nSPS) is 21.0. The van der Waals surface area contributed by atoms with Crippen LogP contribution in [-0.2, 0) is 14.6 Å². The summed E-state index contributed by atoms with van der Waals surface area (Å²) in [4.78, 5) is 8.76. The molecule has 0 radical (unpaired) electrons. The van der Waals surface area contributed by atoms with E-state index in [-0.39, 0.29) is 5.41 Å². The van der Waals surface area contributed by atoms with Crippen molar-refractivity contribution in [2.75, 3.05) is 0 Å². The first kappa shape index (κ1) is 15.1. The second kappa shape index (κ2) is 4.77. The average Bonchev–Trinajstić information content (AvgIpc) is 3.27. The molecular weight excluding hydrogens is 332 g/mol. The van der Waals surface area contributed by atoms with Crippen LogP contribution in [0.2, 0.25) is 5.02 Å². The molecule has 0 aliphatic heterocycles. The molecule has 0 unspecified atom stereocenters. The Hall–Kier alpha value is -1.46. The van der Waals surface area contributed by atoms with E-state index in [2.05, 4.69) is 9.97 Å².